The van der Waals surface area contributed by atoms with Gasteiger partial charge in [0.1, 0.15) is 17.3 Å². The average Bonchev–Trinajstić information content (AvgIpc) is 2.79. The van der Waals surface area contributed by atoms with Crippen LogP contribution < -0.4 is 5.32 Å². The number of hydrogen-bond donors (Lipinski definition) is 1. The fourth-order valence-electron chi connectivity index (χ4n) is 1.53. The van der Waals surface area contributed by atoms with Crippen LogP contribution in [-0.2, 0) is 11.3 Å². The number of aromatic nitrogens is 2. The molecule has 0 spiro atoms. The Labute approximate surface area is 103 Å². The molecular weight excluding hydrogens is 240 g/mol. The average molecular weight is 253 g/mol. The van der Waals surface area contributed by atoms with Crippen LogP contribution in [0.15, 0.2) is 30.6 Å². The van der Waals surface area contributed by atoms with Gasteiger partial charge in [-0.15, -0.1) is 0 Å². The van der Waals surface area contributed by atoms with Gasteiger partial charge in [-0.3, -0.25) is 0 Å². The van der Waals surface area contributed by atoms with Crippen LogP contribution in [0.2, 0.25) is 0 Å². The van der Waals surface area contributed by atoms with Crippen molar-refractivity contribution in [2.75, 3.05) is 19.0 Å². The molecule has 0 aliphatic heterocycles. The van der Waals surface area contributed by atoms with Crippen LogP contribution in [0, 0.1) is 11.6 Å². The Morgan fingerprint density at radius 3 is 2.72 bits per heavy atom. The number of ether oxygens (including phenoxy) is 1. The summed E-state index contributed by atoms with van der Waals surface area (Å²) in [5.41, 5.74) is -0.206. The maximum absolute atomic E-state index is 13.5. The second kappa shape index (κ2) is 5.59. The molecule has 2 aromatic rings. The molecule has 1 heterocycles. The lowest BCUT2D eigenvalue weighted by Gasteiger charge is -2.10. The summed E-state index contributed by atoms with van der Waals surface area (Å²) in [6.45, 7) is 1.04. The van der Waals surface area contributed by atoms with E-state index in [9.17, 15) is 8.78 Å². The molecule has 0 saturated heterocycles. The lowest BCUT2D eigenvalue weighted by molar-refractivity contribution is 0.188. The quantitative estimate of drug-likeness (QED) is 0.890. The number of halogens is 2. The van der Waals surface area contributed by atoms with Crippen molar-refractivity contribution in [2.24, 2.45) is 0 Å². The number of hydrogen-bond acceptors (Lipinski definition) is 3. The first-order chi connectivity index (χ1) is 8.72. The Hall–Kier alpha value is -1.95. The Morgan fingerprint density at radius 1 is 1.33 bits per heavy atom. The molecule has 6 heteroatoms. The maximum atomic E-state index is 13.5. The summed E-state index contributed by atoms with van der Waals surface area (Å²) in [6.07, 6.45) is 3.26. The van der Waals surface area contributed by atoms with Crippen LogP contribution in [0.4, 0.5) is 20.4 Å². The summed E-state index contributed by atoms with van der Waals surface area (Å²) < 4.78 is 33.6. The Balaban J connectivity index is 2.21. The maximum Gasteiger partial charge on any atom is 0.207 e. The molecule has 0 unspecified atom stereocenters. The number of imidazole rings is 1. The first kappa shape index (κ1) is 12.5. The predicted molar refractivity (Wildman–Crippen MR) is 63.7 cm³/mol. The minimum absolute atomic E-state index is 0.206. The minimum Gasteiger partial charge on any atom is -0.383 e. The molecule has 1 aromatic carbocycles. The van der Waals surface area contributed by atoms with E-state index >= 15 is 0 Å². The molecule has 0 bridgehead atoms. The van der Waals surface area contributed by atoms with E-state index in [1.807, 2.05) is 0 Å². The second-order valence-corrected chi connectivity index (χ2v) is 3.66. The third-order valence-corrected chi connectivity index (χ3v) is 2.45. The second-order valence-electron chi connectivity index (χ2n) is 3.66. The van der Waals surface area contributed by atoms with Crippen LogP contribution >= 0.6 is 0 Å². The van der Waals surface area contributed by atoms with Gasteiger partial charge in [-0.2, -0.15) is 0 Å². The Kier molecular flexibility index (Phi) is 3.88. The molecule has 96 valence electrons. The van der Waals surface area contributed by atoms with E-state index in [1.165, 1.54) is 18.2 Å². The molecule has 0 fully saturated rings. The van der Waals surface area contributed by atoms with Crippen molar-refractivity contribution in [2.45, 2.75) is 6.54 Å². The zero-order chi connectivity index (χ0) is 13.0. The van der Waals surface area contributed by atoms with Crippen LogP contribution in [0.5, 0.6) is 0 Å². The topological polar surface area (TPSA) is 39.1 Å². The van der Waals surface area contributed by atoms with Gasteiger partial charge in [0.15, 0.2) is 0 Å². The van der Waals surface area contributed by atoms with E-state index in [1.54, 1.807) is 24.1 Å². The van der Waals surface area contributed by atoms with Crippen LogP contribution in [0.1, 0.15) is 0 Å². The number of anilines is 2. The molecule has 1 N–H and O–H groups in total. The molecule has 0 atom stereocenters. The lowest BCUT2D eigenvalue weighted by Crippen LogP contribution is -2.08. The first-order valence-corrected chi connectivity index (χ1v) is 5.43. The van der Waals surface area contributed by atoms with Crippen LogP contribution in [-0.4, -0.2) is 23.3 Å². The third kappa shape index (κ3) is 2.65. The number of nitrogens with zero attached hydrogens (tertiary/aromatic N) is 2. The third-order valence-electron chi connectivity index (χ3n) is 2.45. The highest BCUT2D eigenvalue weighted by Crippen LogP contribution is 2.22. The fourth-order valence-corrected chi connectivity index (χ4v) is 1.53. The molecule has 2 rings (SSSR count). The number of para-hydroxylation sites is 1. The normalized spacial score (nSPS) is 10.6. The van der Waals surface area contributed by atoms with E-state index in [2.05, 4.69) is 10.3 Å². The van der Waals surface area contributed by atoms with Gasteiger partial charge in [-0.25, -0.2) is 13.8 Å². The highest BCUT2D eigenvalue weighted by atomic mass is 19.1. The fraction of sp³-hybridized carbons (Fsp3) is 0.250. The monoisotopic (exact) mass is 253 g/mol. The summed E-state index contributed by atoms with van der Waals surface area (Å²) in [5, 5.41) is 2.64. The number of nitrogens with one attached hydrogen (secondary N) is 1. The first-order valence-electron chi connectivity index (χ1n) is 5.43. The van der Waals surface area contributed by atoms with Gasteiger partial charge in [0.25, 0.3) is 0 Å². The zero-order valence-corrected chi connectivity index (χ0v) is 9.86. The SMILES string of the molecule is COCCn1ccnc1Nc1c(F)cccc1F. The van der Waals surface area contributed by atoms with Gasteiger partial charge < -0.3 is 14.6 Å². The van der Waals surface area contributed by atoms with Gasteiger partial charge in [-0.05, 0) is 12.1 Å². The standard InChI is InChI=1S/C12H13F2N3O/c1-18-8-7-17-6-5-15-12(17)16-11-9(13)3-2-4-10(11)14/h2-6H,7-8H2,1H3,(H,15,16). The molecule has 1 aromatic heterocycles. The van der Waals surface area contributed by atoms with Crippen molar-refractivity contribution in [3.8, 4) is 0 Å². The van der Waals surface area contributed by atoms with Crippen molar-refractivity contribution in [1.29, 1.82) is 0 Å². The van der Waals surface area contributed by atoms with Crippen molar-refractivity contribution < 1.29 is 13.5 Å². The molecule has 18 heavy (non-hydrogen) atoms. The summed E-state index contributed by atoms with van der Waals surface area (Å²) in [7, 11) is 1.58. The smallest absolute Gasteiger partial charge is 0.207 e. The molecule has 0 radical (unpaired) electrons. The summed E-state index contributed by atoms with van der Waals surface area (Å²) in [4.78, 5) is 4.01. The largest absolute Gasteiger partial charge is 0.383 e. The van der Waals surface area contributed by atoms with E-state index in [0.717, 1.165) is 0 Å². The van der Waals surface area contributed by atoms with E-state index in [0.29, 0.717) is 19.1 Å². The molecule has 0 saturated carbocycles. The minimum atomic E-state index is -0.656. The number of methoxy groups -OCH3 is 1. The molecule has 0 amide bonds. The van der Waals surface area contributed by atoms with Crippen molar-refractivity contribution in [3.63, 3.8) is 0 Å². The van der Waals surface area contributed by atoms with Gasteiger partial charge >= 0.3 is 0 Å². The van der Waals surface area contributed by atoms with Gasteiger partial charge in [0.2, 0.25) is 5.95 Å². The van der Waals surface area contributed by atoms with Gasteiger partial charge in [-0.1, -0.05) is 6.07 Å². The Bertz CT molecular complexity index is 508. The lowest BCUT2D eigenvalue weighted by atomic mass is 10.3. The van der Waals surface area contributed by atoms with Gasteiger partial charge in [0, 0.05) is 26.0 Å². The zero-order valence-electron chi connectivity index (χ0n) is 9.86. The highest BCUT2D eigenvalue weighted by Gasteiger charge is 2.11. The van der Waals surface area contributed by atoms with E-state index in [4.69, 9.17) is 4.74 Å². The summed E-state index contributed by atoms with van der Waals surface area (Å²) in [6, 6.07) is 3.69. The van der Waals surface area contributed by atoms with Crippen molar-refractivity contribution >= 4 is 11.6 Å². The van der Waals surface area contributed by atoms with Crippen LogP contribution in [0.3, 0.4) is 0 Å². The van der Waals surface area contributed by atoms with Gasteiger partial charge in [0.05, 0.1) is 6.61 Å². The number of benzene rings is 1. The summed E-state index contributed by atoms with van der Waals surface area (Å²) >= 11 is 0. The van der Waals surface area contributed by atoms with Crippen molar-refractivity contribution in [3.05, 3.63) is 42.2 Å². The Morgan fingerprint density at radius 2 is 2.06 bits per heavy atom. The highest BCUT2D eigenvalue weighted by molar-refractivity contribution is 5.55. The molecule has 4 nitrogen and oxygen atoms in total. The van der Waals surface area contributed by atoms with E-state index in [-0.39, 0.29) is 5.69 Å². The van der Waals surface area contributed by atoms with Crippen LogP contribution in [0.25, 0.3) is 0 Å². The predicted octanol–water partition coefficient (Wildman–Crippen LogP) is 2.55. The summed E-state index contributed by atoms with van der Waals surface area (Å²) in [5.74, 6) is -0.941. The molecular formula is C12H13F2N3O. The van der Waals surface area contributed by atoms with E-state index < -0.39 is 11.6 Å². The molecule has 0 aliphatic carbocycles. The molecule has 0 aliphatic rings. The number of rotatable bonds is 5. The van der Waals surface area contributed by atoms with Crippen molar-refractivity contribution in [1.82, 2.24) is 9.55 Å².